The lowest BCUT2D eigenvalue weighted by atomic mass is 10.2. The van der Waals surface area contributed by atoms with Gasteiger partial charge in [0, 0.05) is 37.4 Å². The second-order valence-corrected chi connectivity index (χ2v) is 9.26. The second-order valence-electron chi connectivity index (χ2n) is 9.26. The lowest BCUT2D eigenvalue weighted by Gasteiger charge is -2.18. The predicted octanol–water partition coefficient (Wildman–Crippen LogP) is 1.13. The number of nitrogens with one attached hydrogen (secondary N) is 3. The Morgan fingerprint density at radius 3 is 2.48 bits per heavy atom. The average Bonchev–Trinajstić information content (AvgIpc) is 3.30. The fourth-order valence-corrected chi connectivity index (χ4v) is 3.74. The first-order valence-electron chi connectivity index (χ1n) is 12.8. The number of nitrogens with zero attached hydrogens (tertiary/aromatic N) is 3. The Morgan fingerprint density at radius 2 is 1.77 bits per heavy atom. The van der Waals surface area contributed by atoms with Crippen LogP contribution in [0, 0.1) is 0 Å². The highest BCUT2D eigenvalue weighted by atomic mass is 16.7. The quantitative estimate of drug-likeness (QED) is 0.0997. The fraction of sp³-hybridized carbons (Fsp3) is 0.370. The molecule has 3 rings (SSSR count). The summed E-state index contributed by atoms with van der Waals surface area (Å²) in [7, 11) is 3.76. The molecule has 5 N–H and O–H groups in total. The lowest BCUT2D eigenvalue weighted by molar-refractivity contribution is -0.144. The van der Waals surface area contributed by atoms with Gasteiger partial charge in [-0.2, -0.15) is 0 Å². The molecule has 1 saturated heterocycles. The minimum absolute atomic E-state index is 0.00206. The van der Waals surface area contributed by atoms with Crippen molar-refractivity contribution in [3.05, 3.63) is 65.7 Å². The number of urea groups is 1. The second kappa shape index (κ2) is 15.1. The summed E-state index contributed by atoms with van der Waals surface area (Å²) in [6.45, 7) is 1.71. The van der Waals surface area contributed by atoms with E-state index in [2.05, 4.69) is 21.1 Å². The van der Waals surface area contributed by atoms with Crippen molar-refractivity contribution >= 4 is 35.5 Å². The molecule has 2 aromatic rings. The number of amidine groups is 1. The van der Waals surface area contributed by atoms with E-state index in [-0.39, 0.29) is 31.3 Å². The van der Waals surface area contributed by atoms with E-state index in [9.17, 15) is 19.2 Å². The van der Waals surface area contributed by atoms with Crippen LogP contribution in [0.5, 0.6) is 0 Å². The van der Waals surface area contributed by atoms with Crippen molar-refractivity contribution in [1.29, 1.82) is 0 Å². The van der Waals surface area contributed by atoms with Crippen LogP contribution in [0.25, 0.3) is 0 Å². The number of likely N-dealkylation sites (N-methyl/N-ethyl adjacent to an activating group) is 1. The van der Waals surface area contributed by atoms with E-state index in [1.54, 1.807) is 29.2 Å². The van der Waals surface area contributed by atoms with Gasteiger partial charge in [-0.3, -0.25) is 14.4 Å². The molecule has 1 unspecified atom stereocenters. The number of anilines is 1. The summed E-state index contributed by atoms with van der Waals surface area (Å²) in [6, 6.07) is 14.7. The van der Waals surface area contributed by atoms with E-state index >= 15 is 0 Å². The number of rotatable bonds is 12. The molecule has 13 nitrogen and oxygen atoms in total. The van der Waals surface area contributed by atoms with Crippen molar-refractivity contribution in [3.8, 4) is 0 Å². The van der Waals surface area contributed by atoms with Crippen LogP contribution in [-0.4, -0.2) is 81.1 Å². The number of carbonyl (C=O) groups excluding carboxylic acids is 4. The highest BCUT2D eigenvalue weighted by Gasteiger charge is 2.33. The lowest BCUT2D eigenvalue weighted by Crippen LogP contribution is -2.46. The molecule has 214 valence electrons. The van der Waals surface area contributed by atoms with Crippen LogP contribution in [0.3, 0.4) is 0 Å². The summed E-state index contributed by atoms with van der Waals surface area (Å²) in [4.78, 5) is 56.9. The van der Waals surface area contributed by atoms with Crippen LogP contribution in [0.2, 0.25) is 0 Å². The SMILES string of the molecule is CN(C)CCNC(=O)ON=C(N)c1ccc(N2CCC(NC(=O)NCCC(=O)OCc3ccccc3)C2=O)cc1. The molecule has 13 heteroatoms. The Labute approximate surface area is 232 Å². The van der Waals surface area contributed by atoms with Gasteiger partial charge >= 0.3 is 18.1 Å². The van der Waals surface area contributed by atoms with Crippen LogP contribution in [-0.2, 0) is 25.8 Å². The number of ether oxygens (including phenoxy) is 1. The molecule has 0 aliphatic carbocycles. The number of carbonyl (C=O) groups is 4. The maximum atomic E-state index is 12.9. The molecule has 1 atom stereocenters. The van der Waals surface area contributed by atoms with Crippen LogP contribution in [0.1, 0.15) is 24.0 Å². The van der Waals surface area contributed by atoms with Gasteiger partial charge in [-0.15, -0.1) is 0 Å². The number of hydrogen-bond donors (Lipinski definition) is 4. The molecule has 0 radical (unpaired) electrons. The zero-order chi connectivity index (χ0) is 28.9. The molecule has 0 saturated carbocycles. The summed E-state index contributed by atoms with van der Waals surface area (Å²) in [6.07, 6.45) is -0.279. The van der Waals surface area contributed by atoms with Crippen LogP contribution >= 0.6 is 0 Å². The fourth-order valence-electron chi connectivity index (χ4n) is 3.74. The van der Waals surface area contributed by atoms with Crippen molar-refractivity contribution in [1.82, 2.24) is 20.9 Å². The van der Waals surface area contributed by atoms with Gasteiger partial charge in [0.05, 0.1) is 6.42 Å². The monoisotopic (exact) mass is 553 g/mol. The first kappa shape index (κ1) is 29.9. The summed E-state index contributed by atoms with van der Waals surface area (Å²) in [5, 5.41) is 11.4. The Hall–Kier alpha value is -4.65. The molecule has 0 spiro atoms. The molecule has 0 aromatic heterocycles. The Balaban J connectivity index is 1.39. The molecule has 40 heavy (non-hydrogen) atoms. The smallest absolute Gasteiger partial charge is 0.433 e. The highest BCUT2D eigenvalue weighted by molar-refractivity contribution is 6.02. The average molecular weight is 554 g/mol. The van der Waals surface area contributed by atoms with Crippen molar-refractivity contribution in [2.75, 3.05) is 45.2 Å². The van der Waals surface area contributed by atoms with Gasteiger partial charge in [-0.25, -0.2) is 9.59 Å². The molecular weight excluding hydrogens is 518 g/mol. The Kier molecular flexibility index (Phi) is 11.3. The van der Waals surface area contributed by atoms with E-state index < -0.39 is 24.1 Å². The third-order valence-corrected chi connectivity index (χ3v) is 5.90. The number of esters is 1. The largest absolute Gasteiger partial charge is 0.461 e. The molecule has 4 amide bonds. The molecule has 1 aliphatic heterocycles. The zero-order valence-electron chi connectivity index (χ0n) is 22.6. The van der Waals surface area contributed by atoms with Gasteiger partial charge < -0.3 is 36.2 Å². The molecular formula is C27H35N7O6. The molecule has 1 heterocycles. The van der Waals surface area contributed by atoms with E-state index in [4.69, 9.17) is 15.3 Å². The first-order valence-corrected chi connectivity index (χ1v) is 12.8. The van der Waals surface area contributed by atoms with Gasteiger partial charge in [0.1, 0.15) is 12.6 Å². The number of amides is 4. The number of nitrogens with two attached hydrogens (primary N) is 1. The topological polar surface area (TPSA) is 168 Å². The van der Waals surface area contributed by atoms with Gasteiger partial charge in [-0.05, 0) is 50.3 Å². The number of oxime groups is 1. The Morgan fingerprint density at radius 1 is 1.05 bits per heavy atom. The summed E-state index contributed by atoms with van der Waals surface area (Å²) in [5.74, 6) is -0.692. The normalized spacial score (nSPS) is 15.1. The molecule has 1 aliphatic rings. The van der Waals surface area contributed by atoms with Gasteiger partial charge in [0.15, 0.2) is 5.84 Å². The summed E-state index contributed by atoms with van der Waals surface area (Å²) >= 11 is 0. The minimum Gasteiger partial charge on any atom is -0.461 e. The van der Waals surface area contributed by atoms with Gasteiger partial charge in [0.25, 0.3) is 0 Å². The highest BCUT2D eigenvalue weighted by Crippen LogP contribution is 2.22. The first-order chi connectivity index (χ1) is 19.2. The van der Waals surface area contributed by atoms with Crippen molar-refractivity contribution in [2.24, 2.45) is 10.9 Å². The minimum atomic E-state index is -0.713. The van der Waals surface area contributed by atoms with Gasteiger partial charge in [-0.1, -0.05) is 35.5 Å². The Bertz CT molecular complexity index is 1190. The van der Waals surface area contributed by atoms with Crippen LogP contribution < -0.4 is 26.6 Å². The third kappa shape index (κ3) is 9.58. The van der Waals surface area contributed by atoms with E-state index in [1.807, 2.05) is 49.3 Å². The van der Waals surface area contributed by atoms with Crippen molar-refractivity contribution in [3.63, 3.8) is 0 Å². The van der Waals surface area contributed by atoms with Crippen LogP contribution in [0.15, 0.2) is 59.8 Å². The maximum absolute atomic E-state index is 12.9. The summed E-state index contributed by atoms with van der Waals surface area (Å²) < 4.78 is 5.18. The predicted molar refractivity (Wildman–Crippen MR) is 148 cm³/mol. The van der Waals surface area contributed by atoms with Gasteiger partial charge in [0.2, 0.25) is 5.91 Å². The standard InChI is InChI=1S/C27H35N7O6/c1-33(2)17-15-30-27(38)40-32-24(28)20-8-10-21(11-9-20)34-16-13-22(25(34)36)31-26(37)29-14-12-23(35)39-18-19-6-4-3-5-7-19/h3-11,22H,12-18H2,1-2H3,(H2,28,32)(H,30,38)(H2,29,31,37). The van der Waals surface area contributed by atoms with E-state index in [1.165, 1.54) is 0 Å². The van der Waals surface area contributed by atoms with Crippen LogP contribution in [0.4, 0.5) is 15.3 Å². The third-order valence-electron chi connectivity index (χ3n) is 5.90. The van der Waals surface area contributed by atoms with E-state index in [0.717, 1.165) is 5.56 Å². The molecule has 2 aromatic carbocycles. The van der Waals surface area contributed by atoms with E-state index in [0.29, 0.717) is 37.3 Å². The summed E-state index contributed by atoms with van der Waals surface area (Å²) in [5.41, 5.74) is 7.91. The molecule has 1 fully saturated rings. The number of hydrogen-bond acceptors (Lipinski definition) is 8. The number of benzene rings is 2. The molecule has 0 bridgehead atoms. The van der Waals surface area contributed by atoms with Crippen molar-refractivity contribution in [2.45, 2.75) is 25.5 Å². The maximum Gasteiger partial charge on any atom is 0.433 e. The zero-order valence-corrected chi connectivity index (χ0v) is 22.6. The van der Waals surface area contributed by atoms with Crippen molar-refractivity contribution < 1.29 is 28.8 Å².